The fraction of sp³-hybridized carbons (Fsp3) is 0.333. The summed E-state index contributed by atoms with van der Waals surface area (Å²) in [5, 5.41) is 10.5. The maximum atomic E-state index is 13.4. The third kappa shape index (κ3) is 3.08. The predicted molar refractivity (Wildman–Crippen MR) is 115 cm³/mol. The summed E-state index contributed by atoms with van der Waals surface area (Å²) >= 11 is 6.19. The largest absolute Gasteiger partial charge is 0.365 e. The molecule has 1 fully saturated rings. The van der Waals surface area contributed by atoms with Gasteiger partial charge < -0.3 is 14.2 Å². The van der Waals surface area contributed by atoms with Gasteiger partial charge >= 0.3 is 0 Å². The van der Waals surface area contributed by atoms with Crippen LogP contribution in [0.1, 0.15) is 40.7 Å². The summed E-state index contributed by atoms with van der Waals surface area (Å²) in [6.07, 6.45) is 3.85. The quantitative estimate of drug-likeness (QED) is 0.608. The summed E-state index contributed by atoms with van der Waals surface area (Å²) in [7, 11) is 0. The van der Waals surface area contributed by atoms with Gasteiger partial charge in [-0.2, -0.15) is 5.26 Å². The minimum atomic E-state index is -0.262. The van der Waals surface area contributed by atoms with Gasteiger partial charge in [0.15, 0.2) is 0 Å². The van der Waals surface area contributed by atoms with Crippen LogP contribution in [0.2, 0.25) is 5.02 Å². The Balaban J connectivity index is 1.40. The average molecular weight is 420 g/mol. The zero-order valence-corrected chi connectivity index (χ0v) is 17.4. The molecule has 2 aliphatic heterocycles. The van der Waals surface area contributed by atoms with E-state index in [1.807, 2.05) is 39.9 Å². The van der Waals surface area contributed by atoms with E-state index in [1.54, 1.807) is 0 Å². The monoisotopic (exact) mass is 419 g/mol. The summed E-state index contributed by atoms with van der Waals surface area (Å²) in [4.78, 5) is 15.3. The van der Waals surface area contributed by atoms with Crippen LogP contribution in [0.4, 0.5) is 0 Å². The Morgan fingerprint density at radius 1 is 1.20 bits per heavy atom. The summed E-state index contributed by atoms with van der Waals surface area (Å²) in [5.41, 5.74) is 3.84. The zero-order chi connectivity index (χ0) is 20.7. The smallest absolute Gasteiger partial charge is 0.256 e. The standard InChI is InChI=1S/C24H22ClN3O2/c25-18-6-7-19-20(15-28(11-3-10-26)22(19)14-18)23(29)27-12-8-24(9-13-27)21-5-2-1-4-17(21)16-30-24/h1-2,4-7,14-15H,3,8-9,11-13,16H2. The number of nitrogens with zero attached hydrogens (tertiary/aromatic N) is 3. The molecule has 0 aliphatic carbocycles. The van der Waals surface area contributed by atoms with Crippen LogP contribution in [0.3, 0.4) is 0 Å². The van der Waals surface area contributed by atoms with E-state index in [-0.39, 0.29) is 11.5 Å². The lowest BCUT2D eigenvalue weighted by Gasteiger charge is -2.39. The molecule has 3 aromatic rings. The lowest BCUT2D eigenvalue weighted by atomic mass is 9.83. The van der Waals surface area contributed by atoms with Crippen LogP contribution in [0.5, 0.6) is 0 Å². The van der Waals surface area contributed by atoms with Crippen LogP contribution < -0.4 is 0 Å². The average Bonchev–Trinajstić information content (AvgIpc) is 3.31. The van der Waals surface area contributed by atoms with Crippen molar-refractivity contribution in [3.05, 3.63) is 70.4 Å². The minimum absolute atomic E-state index is 0.0270. The Hall–Kier alpha value is -2.81. The van der Waals surface area contributed by atoms with Gasteiger partial charge in [0.05, 0.1) is 35.8 Å². The van der Waals surface area contributed by atoms with Crippen molar-refractivity contribution < 1.29 is 9.53 Å². The van der Waals surface area contributed by atoms with E-state index in [9.17, 15) is 4.79 Å². The Morgan fingerprint density at radius 2 is 2.00 bits per heavy atom. The molecule has 152 valence electrons. The molecule has 0 radical (unpaired) electrons. The number of ether oxygens (including phenoxy) is 1. The van der Waals surface area contributed by atoms with Gasteiger partial charge in [0, 0.05) is 36.2 Å². The van der Waals surface area contributed by atoms with Crippen molar-refractivity contribution in [2.24, 2.45) is 0 Å². The number of benzene rings is 2. The number of likely N-dealkylation sites (tertiary alicyclic amines) is 1. The highest BCUT2D eigenvalue weighted by Gasteiger charge is 2.43. The van der Waals surface area contributed by atoms with Gasteiger partial charge in [-0.1, -0.05) is 41.9 Å². The van der Waals surface area contributed by atoms with Crippen molar-refractivity contribution in [1.29, 1.82) is 5.26 Å². The number of fused-ring (bicyclic) bond motifs is 3. The fourth-order valence-corrected chi connectivity index (χ4v) is 5.00. The summed E-state index contributed by atoms with van der Waals surface area (Å²) in [6, 6.07) is 16.1. The fourth-order valence-electron chi connectivity index (χ4n) is 4.83. The molecule has 2 aliphatic rings. The highest BCUT2D eigenvalue weighted by atomic mass is 35.5. The first-order chi connectivity index (χ1) is 14.6. The highest BCUT2D eigenvalue weighted by molar-refractivity contribution is 6.31. The molecular formula is C24H22ClN3O2. The van der Waals surface area contributed by atoms with E-state index in [2.05, 4.69) is 24.3 Å². The number of halogens is 1. The molecule has 1 aromatic heterocycles. The van der Waals surface area contributed by atoms with Crippen LogP contribution in [-0.4, -0.2) is 28.5 Å². The SMILES string of the molecule is N#CCCn1cc(C(=O)N2CCC3(CC2)OCc2ccccc23)c2ccc(Cl)cc21. The molecule has 0 atom stereocenters. The lowest BCUT2D eigenvalue weighted by molar-refractivity contribution is -0.0741. The van der Waals surface area contributed by atoms with Gasteiger partial charge in [-0.25, -0.2) is 0 Å². The second-order valence-electron chi connectivity index (χ2n) is 8.04. The van der Waals surface area contributed by atoms with E-state index < -0.39 is 0 Å². The Kier molecular flexibility index (Phi) is 4.77. The van der Waals surface area contributed by atoms with E-state index in [0.29, 0.717) is 43.2 Å². The van der Waals surface area contributed by atoms with Gasteiger partial charge in [0.2, 0.25) is 0 Å². The third-order valence-electron chi connectivity index (χ3n) is 6.41. The highest BCUT2D eigenvalue weighted by Crippen LogP contribution is 2.44. The maximum Gasteiger partial charge on any atom is 0.256 e. The van der Waals surface area contributed by atoms with Crippen LogP contribution in [-0.2, 0) is 23.5 Å². The number of aryl methyl sites for hydroxylation is 1. The normalized spacial score (nSPS) is 17.3. The Labute approximate surface area is 180 Å². The molecule has 0 N–H and O–H groups in total. The number of piperidine rings is 1. The van der Waals surface area contributed by atoms with Crippen molar-refractivity contribution in [2.75, 3.05) is 13.1 Å². The molecule has 1 spiro atoms. The molecular weight excluding hydrogens is 398 g/mol. The molecule has 1 saturated heterocycles. The number of carbonyl (C=O) groups excluding carboxylic acids is 1. The Morgan fingerprint density at radius 3 is 2.80 bits per heavy atom. The van der Waals surface area contributed by atoms with Gasteiger partial charge in [-0.05, 0) is 36.1 Å². The number of aromatic nitrogens is 1. The molecule has 0 unspecified atom stereocenters. The number of amides is 1. The first-order valence-corrected chi connectivity index (χ1v) is 10.7. The summed E-state index contributed by atoms with van der Waals surface area (Å²) in [5.74, 6) is 0.0270. The molecule has 6 heteroatoms. The zero-order valence-electron chi connectivity index (χ0n) is 16.6. The maximum absolute atomic E-state index is 13.4. The molecule has 5 rings (SSSR count). The number of rotatable bonds is 3. The van der Waals surface area contributed by atoms with Gasteiger partial charge in [0.1, 0.15) is 0 Å². The number of hydrogen-bond donors (Lipinski definition) is 0. The second kappa shape index (κ2) is 7.46. The van der Waals surface area contributed by atoms with Crippen molar-refractivity contribution in [3.8, 4) is 6.07 Å². The molecule has 5 nitrogen and oxygen atoms in total. The van der Waals surface area contributed by atoms with E-state index in [0.717, 1.165) is 23.7 Å². The molecule has 0 bridgehead atoms. The minimum Gasteiger partial charge on any atom is -0.365 e. The topological polar surface area (TPSA) is 58.3 Å². The lowest BCUT2D eigenvalue weighted by Crippen LogP contribution is -2.45. The van der Waals surface area contributed by atoms with Gasteiger partial charge in [0.25, 0.3) is 5.91 Å². The summed E-state index contributed by atoms with van der Waals surface area (Å²) in [6.45, 7) is 2.50. The summed E-state index contributed by atoms with van der Waals surface area (Å²) < 4.78 is 8.19. The van der Waals surface area contributed by atoms with E-state index >= 15 is 0 Å². The molecule has 2 aromatic carbocycles. The van der Waals surface area contributed by atoms with Crippen LogP contribution in [0.25, 0.3) is 10.9 Å². The van der Waals surface area contributed by atoms with E-state index in [4.69, 9.17) is 21.6 Å². The van der Waals surface area contributed by atoms with Gasteiger partial charge in [-0.3, -0.25) is 4.79 Å². The van der Waals surface area contributed by atoms with Crippen LogP contribution in [0, 0.1) is 11.3 Å². The van der Waals surface area contributed by atoms with Crippen LogP contribution >= 0.6 is 11.6 Å². The molecule has 1 amide bonds. The van der Waals surface area contributed by atoms with Crippen molar-refractivity contribution in [2.45, 2.75) is 38.0 Å². The second-order valence-corrected chi connectivity index (χ2v) is 8.47. The number of hydrogen-bond acceptors (Lipinski definition) is 3. The Bertz CT molecular complexity index is 1170. The predicted octanol–water partition coefficient (Wildman–Crippen LogP) is 4.87. The van der Waals surface area contributed by atoms with Gasteiger partial charge in [-0.15, -0.1) is 0 Å². The number of nitriles is 1. The molecule has 0 saturated carbocycles. The first-order valence-electron chi connectivity index (χ1n) is 10.3. The third-order valence-corrected chi connectivity index (χ3v) is 6.64. The number of carbonyl (C=O) groups is 1. The van der Waals surface area contributed by atoms with Crippen molar-refractivity contribution in [1.82, 2.24) is 9.47 Å². The molecule has 3 heterocycles. The van der Waals surface area contributed by atoms with Crippen LogP contribution in [0.15, 0.2) is 48.7 Å². The van der Waals surface area contributed by atoms with Crippen molar-refractivity contribution >= 4 is 28.4 Å². The van der Waals surface area contributed by atoms with E-state index in [1.165, 1.54) is 11.1 Å². The first kappa shape index (κ1) is 19.2. The van der Waals surface area contributed by atoms with Crippen molar-refractivity contribution in [3.63, 3.8) is 0 Å². The molecule has 30 heavy (non-hydrogen) atoms.